The van der Waals surface area contributed by atoms with E-state index in [2.05, 4.69) is 11.3 Å². The van der Waals surface area contributed by atoms with E-state index in [9.17, 15) is 4.79 Å². The quantitative estimate of drug-likeness (QED) is 0.545. The molecule has 0 N–H and O–H groups in total. The van der Waals surface area contributed by atoms with E-state index in [0.29, 0.717) is 12.4 Å². The van der Waals surface area contributed by atoms with Gasteiger partial charge in [0.15, 0.2) is 0 Å². The molecule has 0 aliphatic heterocycles. The van der Waals surface area contributed by atoms with E-state index in [-0.39, 0.29) is 12.4 Å². The van der Waals surface area contributed by atoms with Gasteiger partial charge in [0.05, 0.1) is 13.5 Å². The van der Waals surface area contributed by atoms with Gasteiger partial charge in [0.1, 0.15) is 12.4 Å². The van der Waals surface area contributed by atoms with Crippen molar-refractivity contribution in [2.75, 3.05) is 13.7 Å². The average molecular weight is 206 g/mol. The Morgan fingerprint density at radius 2 is 2.20 bits per heavy atom. The summed E-state index contributed by atoms with van der Waals surface area (Å²) in [7, 11) is 1.37. The van der Waals surface area contributed by atoms with Gasteiger partial charge in [-0.2, -0.15) is 0 Å². The van der Waals surface area contributed by atoms with E-state index in [1.807, 2.05) is 24.3 Å². The fourth-order valence-corrected chi connectivity index (χ4v) is 1.17. The predicted molar refractivity (Wildman–Crippen MR) is 57.9 cm³/mol. The van der Waals surface area contributed by atoms with Gasteiger partial charge < -0.3 is 9.47 Å². The molecule has 15 heavy (non-hydrogen) atoms. The van der Waals surface area contributed by atoms with Crippen molar-refractivity contribution in [2.45, 2.75) is 6.42 Å². The minimum Gasteiger partial charge on any atom is -0.489 e. The van der Waals surface area contributed by atoms with Crippen LogP contribution < -0.4 is 4.74 Å². The highest BCUT2D eigenvalue weighted by atomic mass is 16.5. The van der Waals surface area contributed by atoms with E-state index >= 15 is 0 Å². The molecule has 0 spiro atoms. The molecule has 0 radical (unpaired) electrons. The number of rotatable bonds is 5. The number of benzene rings is 1. The number of ether oxygens (including phenoxy) is 2. The molecule has 0 bridgehead atoms. The molecule has 1 aromatic rings. The monoisotopic (exact) mass is 206 g/mol. The highest BCUT2D eigenvalue weighted by Crippen LogP contribution is 2.18. The van der Waals surface area contributed by atoms with Crippen LogP contribution in [0.4, 0.5) is 0 Å². The lowest BCUT2D eigenvalue weighted by Gasteiger charge is -2.08. The van der Waals surface area contributed by atoms with Crippen molar-refractivity contribution in [3.8, 4) is 5.75 Å². The second-order valence-corrected chi connectivity index (χ2v) is 2.96. The van der Waals surface area contributed by atoms with E-state index in [1.165, 1.54) is 7.11 Å². The molecule has 0 amide bonds. The SMILES string of the molecule is C=CCOc1ccccc1CC(=O)OC. The third kappa shape index (κ3) is 3.46. The standard InChI is InChI=1S/C12H14O3/c1-3-8-15-11-7-5-4-6-10(11)9-12(13)14-2/h3-7H,1,8-9H2,2H3. The maximum absolute atomic E-state index is 11.1. The van der Waals surface area contributed by atoms with Gasteiger partial charge in [-0.25, -0.2) is 0 Å². The van der Waals surface area contributed by atoms with Crippen molar-refractivity contribution in [1.29, 1.82) is 0 Å². The number of methoxy groups -OCH3 is 1. The number of esters is 1. The second kappa shape index (κ2) is 5.86. The lowest BCUT2D eigenvalue weighted by molar-refractivity contribution is -0.139. The molecular formula is C12H14O3. The van der Waals surface area contributed by atoms with Crippen molar-refractivity contribution in [3.63, 3.8) is 0 Å². The van der Waals surface area contributed by atoms with Crippen molar-refractivity contribution >= 4 is 5.97 Å². The molecule has 0 atom stereocenters. The van der Waals surface area contributed by atoms with Gasteiger partial charge in [-0.3, -0.25) is 4.79 Å². The molecule has 3 heteroatoms. The summed E-state index contributed by atoms with van der Waals surface area (Å²) in [4.78, 5) is 11.1. The predicted octanol–water partition coefficient (Wildman–Crippen LogP) is 1.97. The molecule has 80 valence electrons. The summed E-state index contributed by atoms with van der Waals surface area (Å²) in [6.45, 7) is 3.99. The summed E-state index contributed by atoms with van der Waals surface area (Å²) in [5, 5.41) is 0. The molecule has 0 heterocycles. The Hall–Kier alpha value is -1.77. The topological polar surface area (TPSA) is 35.5 Å². The van der Waals surface area contributed by atoms with E-state index in [1.54, 1.807) is 6.08 Å². The molecular weight excluding hydrogens is 192 g/mol. The Bertz CT molecular complexity index is 344. The van der Waals surface area contributed by atoms with Crippen LogP contribution in [0.5, 0.6) is 5.75 Å². The Morgan fingerprint density at radius 3 is 2.87 bits per heavy atom. The first-order chi connectivity index (χ1) is 7.27. The number of para-hydroxylation sites is 1. The molecule has 0 aliphatic carbocycles. The van der Waals surface area contributed by atoms with Crippen LogP contribution >= 0.6 is 0 Å². The zero-order chi connectivity index (χ0) is 11.1. The van der Waals surface area contributed by atoms with Crippen molar-refractivity contribution in [2.24, 2.45) is 0 Å². The van der Waals surface area contributed by atoms with Crippen LogP contribution in [-0.4, -0.2) is 19.7 Å². The van der Waals surface area contributed by atoms with E-state index < -0.39 is 0 Å². The molecule has 0 saturated heterocycles. The maximum Gasteiger partial charge on any atom is 0.310 e. The van der Waals surface area contributed by atoms with Gasteiger partial charge in [0.2, 0.25) is 0 Å². The maximum atomic E-state index is 11.1. The molecule has 0 aromatic heterocycles. The molecule has 1 rings (SSSR count). The number of hydrogen-bond donors (Lipinski definition) is 0. The van der Waals surface area contributed by atoms with Gasteiger partial charge in [-0.15, -0.1) is 0 Å². The van der Waals surface area contributed by atoms with Gasteiger partial charge in [-0.05, 0) is 6.07 Å². The largest absolute Gasteiger partial charge is 0.489 e. The summed E-state index contributed by atoms with van der Waals surface area (Å²) in [5.41, 5.74) is 0.825. The fourth-order valence-electron chi connectivity index (χ4n) is 1.17. The molecule has 3 nitrogen and oxygen atoms in total. The second-order valence-electron chi connectivity index (χ2n) is 2.96. The normalized spacial score (nSPS) is 9.40. The average Bonchev–Trinajstić information content (AvgIpc) is 2.28. The lowest BCUT2D eigenvalue weighted by Crippen LogP contribution is -2.06. The number of carbonyl (C=O) groups excluding carboxylic acids is 1. The van der Waals surface area contributed by atoms with Crippen LogP contribution in [0.1, 0.15) is 5.56 Å². The van der Waals surface area contributed by atoms with Crippen LogP contribution in [0.3, 0.4) is 0 Å². The first kappa shape index (κ1) is 11.3. The Kier molecular flexibility index (Phi) is 4.41. The minimum atomic E-state index is -0.273. The van der Waals surface area contributed by atoms with Crippen LogP contribution in [0.25, 0.3) is 0 Å². The van der Waals surface area contributed by atoms with Gasteiger partial charge in [-0.1, -0.05) is 30.9 Å². The van der Waals surface area contributed by atoms with Crippen LogP contribution in [0.2, 0.25) is 0 Å². The smallest absolute Gasteiger partial charge is 0.310 e. The highest BCUT2D eigenvalue weighted by molar-refractivity contribution is 5.73. The first-order valence-corrected chi connectivity index (χ1v) is 4.66. The zero-order valence-corrected chi connectivity index (χ0v) is 8.73. The number of carbonyl (C=O) groups is 1. The van der Waals surface area contributed by atoms with Crippen molar-refractivity contribution in [3.05, 3.63) is 42.5 Å². The summed E-state index contributed by atoms with van der Waals surface area (Å²) < 4.78 is 10.0. The molecule has 0 fully saturated rings. The van der Waals surface area contributed by atoms with Gasteiger partial charge in [0.25, 0.3) is 0 Å². The number of hydrogen-bond acceptors (Lipinski definition) is 3. The summed E-state index contributed by atoms with van der Waals surface area (Å²) in [6.07, 6.45) is 1.89. The first-order valence-electron chi connectivity index (χ1n) is 4.66. The van der Waals surface area contributed by atoms with Crippen molar-refractivity contribution < 1.29 is 14.3 Å². The van der Waals surface area contributed by atoms with E-state index in [0.717, 1.165) is 5.56 Å². The van der Waals surface area contributed by atoms with Crippen LogP contribution in [0.15, 0.2) is 36.9 Å². The lowest BCUT2D eigenvalue weighted by atomic mass is 10.1. The van der Waals surface area contributed by atoms with Crippen molar-refractivity contribution in [1.82, 2.24) is 0 Å². The van der Waals surface area contributed by atoms with Crippen LogP contribution in [-0.2, 0) is 16.0 Å². The Labute approximate surface area is 89.3 Å². The molecule has 1 aromatic carbocycles. The Balaban J connectivity index is 2.76. The third-order valence-electron chi connectivity index (χ3n) is 1.89. The van der Waals surface area contributed by atoms with Gasteiger partial charge >= 0.3 is 5.97 Å². The van der Waals surface area contributed by atoms with Gasteiger partial charge in [0, 0.05) is 5.56 Å². The summed E-state index contributed by atoms with van der Waals surface area (Å²) >= 11 is 0. The fraction of sp³-hybridized carbons (Fsp3) is 0.250. The molecule has 0 aliphatic rings. The minimum absolute atomic E-state index is 0.226. The molecule has 0 saturated carbocycles. The summed E-state index contributed by atoms with van der Waals surface area (Å²) in [6, 6.07) is 7.38. The zero-order valence-electron chi connectivity index (χ0n) is 8.73. The Morgan fingerprint density at radius 1 is 1.47 bits per heavy atom. The van der Waals surface area contributed by atoms with E-state index in [4.69, 9.17) is 4.74 Å². The third-order valence-corrected chi connectivity index (χ3v) is 1.89. The highest BCUT2D eigenvalue weighted by Gasteiger charge is 2.07. The van der Waals surface area contributed by atoms with Crippen LogP contribution in [0, 0.1) is 0 Å². The molecule has 0 unspecified atom stereocenters. The summed E-state index contributed by atoms with van der Waals surface area (Å²) in [5.74, 6) is 0.424.